The molecule has 4 rings (SSSR count). The van der Waals surface area contributed by atoms with Crippen molar-refractivity contribution in [2.24, 2.45) is 16.7 Å². The summed E-state index contributed by atoms with van der Waals surface area (Å²) in [4.78, 5) is 33.0. The number of hydrogen-bond acceptors (Lipinski definition) is 8. The number of amides is 2. The van der Waals surface area contributed by atoms with E-state index in [1.165, 1.54) is 17.4 Å². The van der Waals surface area contributed by atoms with E-state index in [9.17, 15) is 19.8 Å². The molecule has 0 unspecified atom stereocenters. The van der Waals surface area contributed by atoms with Crippen molar-refractivity contribution >= 4 is 28.5 Å². The summed E-state index contributed by atoms with van der Waals surface area (Å²) in [5.41, 5.74) is -0.188. The Kier molecular flexibility index (Phi) is 7.33. The van der Waals surface area contributed by atoms with Gasteiger partial charge in [0, 0.05) is 35.7 Å². The third-order valence-electron chi connectivity index (χ3n) is 8.18. The van der Waals surface area contributed by atoms with Crippen LogP contribution < -0.4 is 5.32 Å². The number of ether oxygens (including phenoxy) is 2. The maximum Gasteiger partial charge on any atom is 0.413 e. The number of aliphatic hydroxyl groups excluding tert-OH is 2. The van der Waals surface area contributed by atoms with Gasteiger partial charge in [-0.05, 0) is 30.6 Å². The first kappa shape index (κ1) is 25.1. The highest BCUT2D eigenvalue weighted by atomic mass is 32.1. The number of anilines is 1. The molecule has 2 heterocycles. The van der Waals surface area contributed by atoms with Crippen molar-refractivity contribution in [3.8, 4) is 0 Å². The van der Waals surface area contributed by atoms with Gasteiger partial charge in [0.2, 0.25) is 5.91 Å². The number of aliphatic hydroxyl groups is 2. The highest BCUT2D eigenvalue weighted by molar-refractivity contribution is 7.15. The van der Waals surface area contributed by atoms with Gasteiger partial charge in [0.05, 0.1) is 31.6 Å². The average molecular weight is 494 g/mol. The maximum absolute atomic E-state index is 13.3. The van der Waals surface area contributed by atoms with Crippen LogP contribution in [0.2, 0.25) is 0 Å². The van der Waals surface area contributed by atoms with Crippen LogP contribution >= 0.6 is 11.3 Å². The molecule has 34 heavy (non-hydrogen) atoms. The van der Waals surface area contributed by atoms with Crippen LogP contribution in [0.3, 0.4) is 0 Å². The number of rotatable bonds is 6. The molecule has 5 atom stereocenters. The Labute approximate surface area is 204 Å². The van der Waals surface area contributed by atoms with E-state index < -0.39 is 17.6 Å². The van der Waals surface area contributed by atoms with Crippen LogP contribution in [0.15, 0.2) is 12.7 Å². The Morgan fingerprint density at radius 3 is 2.79 bits per heavy atom. The summed E-state index contributed by atoms with van der Waals surface area (Å²) in [6.45, 7) is 9.84. The lowest BCUT2D eigenvalue weighted by atomic mass is 9.47. The molecule has 1 aromatic rings. The van der Waals surface area contributed by atoms with E-state index in [1.54, 1.807) is 0 Å². The van der Waals surface area contributed by atoms with Gasteiger partial charge < -0.3 is 24.6 Å². The maximum atomic E-state index is 13.3. The third-order valence-corrected chi connectivity index (χ3v) is 9.19. The van der Waals surface area contributed by atoms with Crippen molar-refractivity contribution in [1.29, 1.82) is 0 Å². The van der Waals surface area contributed by atoms with Crippen molar-refractivity contribution in [2.75, 3.05) is 44.8 Å². The molecule has 1 saturated carbocycles. The summed E-state index contributed by atoms with van der Waals surface area (Å²) < 4.78 is 10.4. The number of carbonyl (C=O) groups excluding carboxylic acids is 2. The average Bonchev–Trinajstić information content (AvgIpc) is 3.24. The molecule has 3 N–H and O–H groups in total. The molecule has 0 radical (unpaired) electrons. The summed E-state index contributed by atoms with van der Waals surface area (Å²) in [6, 6.07) is 0. The zero-order valence-electron chi connectivity index (χ0n) is 19.9. The Morgan fingerprint density at radius 2 is 2.12 bits per heavy atom. The summed E-state index contributed by atoms with van der Waals surface area (Å²) in [5, 5.41) is 24.3. The van der Waals surface area contributed by atoms with Gasteiger partial charge in [-0.2, -0.15) is 0 Å². The smallest absolute Gasteiger partial charge is 0.413 e. The topological polar surface area (TPSA) is 121 Å². The summed E-state index contributed by atoms with van der Waals surface area (Å²) >= 11 is 1.37. The molecular formula is C24H35N3O6S. The van der Waals surface area contributed by atoms with E-state index >= 15 is 0 Å². The van der Waals surface area contributed by atoms with Gasteiger partial charge in [-0.3, -0.25) is 10.1 Å². The predicted molar refractivity (Wildman–Crippen MR) is 128 cm³/mol. The lowest BCUT2D eigenvalue weighted by Gasteiger charge is -2.58. The minimum Gasteiger partial charge on any atom is -0.445 e. The minimum absolute atomic E-state index is 0.0373. The molecule has 10 heteroatoms. The van der Waals surface area contributed by atoms with Crippen LogP contribution in [0.25, 0.3) is 0 Å². The Hall–Kier alpha value is -2.01. The van der Waals surface area contributed by atoms with Crippen molar-refractivity contribution in [1.82, 2.24) is 9.88 Å². The third kappa shape index (κ3) is 4.48. The van der Waals surface area contributed by atoms with E-state index in [0.29, 0.717) is 50.7 Å². The van der Waals surface area contributed by atoms with E-state index in [-0.39, 0.29) is 36.4 Å². The van der Waals surface area contributed by atoms with Gasteiger partial charge in [-0.15, -0.1) is 11.3 Å². The first-order valence-electron chi connectivity index (χ1n) is 11.9. The van der Waals surface area contributed by atoms with E-state index in [1.807, 2.05) is 11.8 Å². The molecule has 1 saturated heterocycles. The SMILES string of the molecule is C=CCOC(=O)Nc1nc2c(s1)C[C@@H]1[C@](C)(CO)[C@H](O)CC[C@@]1(C)[C@@H]2CC(=O)N1CCOCC1. The highest BCUT2D eigenvalue weighted by Gasteiger charge is 2.59. The number of nitrogens with one attached hydrogen (secondary N) is 1. The summed E-state index contributed by atoms with van der Waals surface area (Å²) in [6.07, 6.45) is 2.48. The molecule has 2 amide bonds. The molecular weight excluding hydrogens is 458 g/mol. The van der Waals surface area contributed by atoms with Crippen molar-refractivity contribution < 1.29 is 29.3 Å². The largest absolute Gasteiger partial charge is 0.445 e. The second kappa shape index (κ2) is 9.93. The monoisotopic (exact) mass is 493 g/mol. The predicted octanol–water partition coefficient (Wildman–Crippen LogP) is 2.54. The molecule has 2 fully saturated rings. The normalized spacial score (nSPS) is 32.9. The van der Waals surface area contributed by atoms with Crippen molar-refractivity contribution in [3.63, 3.8) is 0 Å². The fourth-order valence-electron chi connectivity index (χ4n) is 6.07. The number of thiazole rings is 1. The van der Waals surface area contributed by atoms with Gasteiger partial charge in [0.25, 0.3) is 0 Å². The zero-order valence-corrected chi connectivity index (χ0v) is 20.7. The molecule has 0 bridgehead atoms. The highest BCUT2D eigenvalue weighted by Crippen LogP contribution is 2.62. The molecule has 1 aromatic heterocycles. The van der Waals surface area contributed by atoms with Crippen LogP contribution in [0.4, 0.5) is 9.93 Å². The van der Waals surface area contributed by atoms with Gasteiger partial charge in [-0.25, -0.2) is 9.78 Å². The number of aromatic nitrogens is 1. The lowest BCUT2D eigenvalue weighted by molar-refractivity contribution is -0.149. The molecule has 9 nitrogen and oxygen atoms in total. The lowest BCUT2D eigenvalue weighted by Crippen LogP contribution is -2.58. The second-order valence-corrected chi connectivity index (χ2v) is 11.2. The Bertz CT molecular complexity index is 932. The van der Waals surface area contributed by atoms with Gasteiger partial charge >= 0.3 is 6.09 Å². The van der Waals surface area contributed by atoms with Gasteiger partial charge in [-0.1, -0.05) is 26.5 Å². The Balaban J connectivity index is 1.68. The molecule has 2 aliphatic carbocycles. The fraction of sp³-hybridized carbons (Fsp3) is 0.708. The van der Waals surface area contributed by atoms with Crippen LogP contribution in [0.1, 0.15) is 49.6 Å². The fourth-order valence-corrected chi connectivity index (χ4v) is 7.13. The van der Waals surface area contributed by atoms with Crippen LogP contribution in [-0.2, 0) is 20.7 Å². The molecule has 1 aliphatic heterocycles. The minimum atomic E-state index is -0.689. The van der Waals surface area contributed by atoms with E-state index in [2.05, 4.69) is 18.8 Å². The first-order chi connectivity index (χ1) is 16.2. The van der Waals surface area contributed by atoms with Gasteiger partial charge in [0.1, 0.15) is 6.61 Å². The number of morpholine rings is 1. The number of carbonyl (C=O) groups is 2. The standard InChI is InChI=1S/C24H35N3O6S/c1-4-9-33-22(31)26-21-25-20-15(12-19(30)27-7-10-32-11-8-27)23(2)6-5-18(29)24(3,14-28)17(23)13-16(20)34-21/h4,15,17-18,28-29H,1,5-14H2,2-3H3,(H,25,26,31)/t15-,17+,18-,23+,24+/m1/s1. The van der Waals surface area contributed by atoms with Crippen molar-refractivity contribution in [3.05, 3.63) is 23.2 Å². The molecule has 0 spiro atoms. The summed E-state index contributed by atoms with van der Waals surface area (Å²) in [5.74, 6) is -0.165. The molecule has 188 valence electrons. The number of nitrogens with zero attached hydrogens (tertiary/aromatic N) is 2. The summed E-state index contributed by atoms with van der Waals surface area (Å²) in [7, 11) is 0. The number of fused-ring (bicyclic) bond motifs is 2. The van der Waals surface area contributed by atoms with Crippen LogP contribution in [0.5, 0.6) is 0 Å². The first-order valence-corrected chi connectivity index (χ1v) is 12.7. The van der Waals surface area contributed by atoms with E-state index in [0.717, 1.165) is 17.0 Å². The Morgan fingerprint density at radius 1 is 1.38 bits per heavy atom. The zero-order chi connectivity index (χ0) is 24.5. The van der Waals surface area contributed by atoms with Crippen molar-refractivity contribution in [2.45, 2.75) is 51.6 Å². The number of hydrogen-bond donors (Lipinski definition) is 3. The van der Waals surface area contributed by atoms with Crippen LogP contribution in [0, 0.1) is 16.7 Å². The quantitative estimate of drug-likeness (QED) is 0.521. The van der Waals surface area contributed by atoms with Gasteiger partial charge in [0.15, 0.2) is 5.13 Å². The van der Waals surface area contributed by atoms with Crippen LogP contribution in [-0.4, -0.2) is 77.7 Å². The second-order valence-electron chi connectivity index (χ2n) is 10.1. The molecule has 0 aromatic carbocycles. The van der Waals surface area contributed by atoms with E-state index in [4.69, 9.17) is 14.5 Å². The molecule has 3 aliphatic rings.